The van der Waals surface area contributed by atoms with Gasteiger partial charge in [0.2, 0.25) is 0 Å². The molecule has 0 amide bonds. The summed E-state index contributed by atoms with van der Waals surface area (Å²) in [4.78, 5) is 11.3. The predicted octanol–water partition coefficient (Wildman–Crippen LogP) is 3.06. The molecule has 0 N–H and O–H groups in total. The quantitative estimate of drug-likeness (QED) is 0.803. The average molecular weight is 234 g/mol. The van der Waals surface area contributed by atoms with Crippen LogP contribution in [0, 0.1) is 5.82 Å². The summed E-state index contributed by atoms with van der Waals surface area (Å²) in [6.45, 7) is 0. The van der Waals surface area contributed by atoms with Crippen LogP contribution >= 0.6 is 0 Å². The first-order valence-electron chi connectivity index (χ1n) is 5.74. The minimum atomic E-state index is -0.354. The summed E-state index contributed by atoms with van der Waals surface area (Å²) in [6, 6.07) is 4.93. The maximum atomic E-state index is 13.5. The Kier molecular flexibility index (Phi) is 3.57. The molecule has 90 valence electrons. The fraction of sp³-hybridized carbons (Fsp3) is 0.357. The van der Waals surface area contributed by atoms with Crippen LogP contribution < -0.4 is 4.74 Å². The lowest BCUT2D eigenvalue weighted by Crippen LogP contribution is -2.04. The zero-order chi connectivity index (χ0) is 12.3. The predicted molar refractivity (Wildman–Crippen MR) is 63.6 cm³/mol. The fourth-order valence-electron chi connectivity index (χ4n) is 2.08. The third-order valence-corrected chi connectivity index (χ3v) is 2.93. The van der Waals surface area contributed by atoms with Crippen molar-refractivity contribution in [1.29, 1.82) is 0 Å². The monoisotopic (exact) mass is 234 g/mol. The van der Waals surface area contributed by atoms with Gasteiger partial charge in [0.25, 0.3) is 0 Å². The van der Waals surface area contributed by atoms with Gasteiger partial charge in [-0.15, -0.1) is 0 Å². The van der Waals surface area contributed by atoms with Gasteiger partial charge in [-0.05, 0) is 43.0 Å². The second kappa shape index (κ2) is 5.13. The third kappa shape index (κ3) is 2.93. The van der Waals surface area contributed by atoms with Crippen molar-refractivity contribution in [3.8, 4) is 5.75 Å². The summed E-state index contributed by atoms with van der Waals surface area (Å²) in [5.41, 5.74) is 1.97. The Labute approximate surface area is 100 Å². The second-order valence-electron chi connectivity index (χ2n) is 4.27. The minimum Gasteiger partial charge on any atom is -0.494 e. The van der Waals surface area contributed by atoms with Gasteiger partial charge >= 0.3 is 0 Å². The molecule has 1 aromatic carbocycles. The lowest BCUT2D eigenvalue weighted by molar-refractivity contribution is -0.115. The van der Waals surface area contributed by atoms with Crippen molar-refractivity contribution < 1.29 is 13.9 Å². The number of halogens is 1. The van der Waals surface area contributed by atoms with Crippen LogP contribution in [0.25, 0.3) is 0 Å². The van der Waals surface area contributed by atoms with Crippen molar-refractivity contribution in [3.05, 3.63) is 41.2 Å². The van der Waals surface area contributed by atoms with Crippen molar-refractivity contribution in [2.45, 2.75) is 25.7 Å². The normalized spacial score (nSPS) is 15.6. The molecule has 17 heavy (non-hydrogen) atoms. The van der Waals surface area contributed by atoms with E-state index in [-0.39, 0.29) is 17.3 Å². The summed E-state index contributed by atoms with van der Waals surface area (Å²) in [6.07, 6.45) is 4.82. The molecule has 0 aliphatic heterocycles. The molecule has 2 nitrogen and oxygen atoms in total. The molecule has 0 bridgehead atoms. The highest BCUT2D eigenvalue weighted by molar-refractivity contribution is 5.91. The van der Waals surface area contributed by atoms with Crippen molar-refractivity contribution in [2.75, 3.05) is 7.11 Å². The number of carbonyl (C=O) groups is 1. The Balaban J connectivity index is 2.13. The molecular weight excluding hydrogens is 219 g/mol. The number of ether oxygens (including phenoxy) is 1. The molecule has 0 heterocycles. The molecule has 1 aliphatic rings. The lowest BCUT2D eigenvalue weighted by atomic mass is 9.93. The molecule has 3 heteroatoms. The number of methoxy groups -OCH3 is 1. The van der Waals surface area contributed by atoms with Gasteiger partial charge in [-0.3, -0.25) is 4.79 Å². The van der Waals surface area contributed by atoms with E-state index in [2.05, 4.69) is 0 Å². The molecule has 1 aliphatic carbocycles. The summed E-state index contributed by atoms with van der Waals surface area (Å²) < 4.78 is 18.3. The lowest BCUT2D eigenvalue weighted by Gasteiger charge is -2.12. The highest BCUT2D eigenvalue weighted by Crippen LogP contribution is 2.23. The molecule has 0 saturated heterocycles. The Morgan fingerprint density at radius 1 is 1.35 bits per heavy atom. The smallest absolute Gasteiger partial charge is 0.165 e. The van der Waals surface area contributed by atoms with Gasteiger partial charge in [-0.1, -0.05) is 11.6 Å². The van der Waals surface area contributed by atoms with E-state index >= 15 is 0 Å². The zero-order valence-corrected chi connectivity index (χ0v) is 9.83. The average Bonchev–Trinajstić information content (AvgIpc) is 2.29. The second-order valence-corrected chi connectivity index (χ2v) is 4.27. The molecule has 1 aromatic rings. The van der Waals surface area contributed by atoms with Crippen molar-refractivity contribution in [2.24, 2.45) is 0 Å². The Morgan fingerprint density at radius 3 is 2.82 bits per heavy atom. The van der Waals surface area contributed by atoms with Crippen molar-refractivity contribution in [1.82, 2.24) is 0 Å². The summed E-state index contributed by atoms with van der Waals surface area (Å²) in [7, 11) is 1.44. The third-order valence-electron chi connectivity index (χ3n) is 2.93. The van der Waals surface area contributed by atoms with Gasteiger partial charge in [0.05, 0.1) is 7.11 Å². The first kappa shape index (κ1) is 11.8. The number of carbonyl (C=O) groups excluding carboxylic acids is 1. The number of ketones is 1. The van der Waals surface area contributed by atoms with Crippen LogP contribution in [0.4, 0.5) is 4.39 Å². The molecular formula is C14H15FO2. The Hall–Kier alpha value is -1.64. The van der Waals surface area contributed by atoms with E-state index in [1.807, 2.05) is 6.07 Å². The van der Waals surface area contributed by atoms with E-state index in [0.29, 0.717) is 12.8 Å². The molecule has 0 aromatic heterocycles. The maximum absolute atomic E-state index is 13.5. The summed E-state index contributed by atoms with van der Waals surface area (Å²) >= 11 is 0. The van der Waals surface area contributed by atoms with E-state index in [1.54, 1.807) is 12.1 Å². The van der Waals surface area contributed by atoms with Crippen LogP contribution in [0.3, 0.4) is 0 Å². The van der Waals surface area contributed by atoms with Gasteiger partial charge in [0.15, 0.2) is 17.3 Å². The molecule has 0 unspecified atom stereocenters. The Morgan fingerprint density at radius 2 is 2.18 bits per heavy atom. The summed E-state index contributed by atoms with van der Waals surface area (Å²) in [5.74, 6) is 0.0791. The largest absolute Gasteiger partial charge is 0.494 e. The topological polar surface area (TPSA) is 26.3 Å². The SMILES string of the molecule is COc1ccc(CC2=CC(=O)CCC2)cc1F. The number of hydrogen-bond donors (Lipinski definition) is 0. The van der Waals surface area contributed by atoms with Crippen molar-refractivity contribution >= 4 is 5.78 Å². The summed E-state index contributed by atoms with van der Waals surface area (Å²) in [5, 5.41) is 0. The molecule has 0 radical (unpaired) electrons. The van der Waals surface area contributed by atoms with Crippen LogP contribution in [0.15, 0.2) is 29.8 Å². The first-order chi connectivity index (χ1) is 8.19. The number of allylic oxidation sites excluding steroid dienone is 2. The van der Waals surface area contributed by atoms with E-state index in [1.165, 1.54) is 13.2 Å². The zero-order valence-electron chi connectivity index (χ0n) is 9.83. The molecule has 2 rings (SSSR count). The van der Waals surface area contributed by atoms with Crippen LogP contribution in [-0.4, -0.2) is 12.9 Å². The molecule has 0 fully saturated rings. The number of hydrogen-bond acceptors (Lipinski definition) is 2. The fourth-order valence-corrected chi connectivity index (χ4v) is 2.08. The van der Waals surface area contributed by atoms with Crippen molar-refractivity contribution in [3.63, 3.8) is 0 Å². The molecule has 0 atom stereocenters. The van der Waals surface area contributed by atoms with E-state index in [9.17, 15) is 9.18 Å². The van der Waals surface area contributed by atoms with Gasteiger partial charge in [0.1, 0.15) is 0 Å². The maximum Gasteiger partial charge on any atom is 0.165 e. The highest BCUT2D eigenvalue weighted by atomic mass is 19.1. The highest BCUT2D eigenvalue weighted by Gasteiger charge is 2.11. The van der Waals surface area contributed by atoms with E-state index in [4.69, 9.17) is 4.74 Å². The van der Waals surface area contributed by atoms with Gasteiger partial charge < -0.3 is 4.74 Å². The van der Waals surface area contributed by atoms with Gasteiger partial charge in [-0.25, -0.2) is 4.39 Å². The van der Waals surface area contributed by atoms with E-state index < -0.39 is 0 Å². The number of rotatable bonds is 3. The van der Waals surface area contributed by atoms with Crippen LogP contribution in [0.5, 0.6) is 5.75 Å². The molecule has 0 saturated carbocycles. The van der Waals surface area contributed by atoms with E-state index in [0.717, 1.165) is 24.0 Å². The van der Waals surface area contributed by atoms with Crippen LogP contribution in [0.2, 0.25) is 0 Å². The standard InChI is InChI=1S/C14H15FO2/c1-17-14-6-5-11(9-13(14)15)7-10-3-2-4-12(16)8-10/h5-6,8-9H,2-4,7H2,1H3. The minimum absolute atomic E-state index is 0.181. The van der Waals surface area contributed by atoms with Crippen LogP contribution in [0.1, 0.15) is 24.8 Å². The van der Waals surface area contributed by atoms with Gasteiger partial charge in [0, 0.05) is 6.42 Å². The van der Waals surface area contributed by atoms with Gasteiger partial charge in [-0.2, -0.15) is 0 Å². The molecule has 0 spiro atoms. The first-order valence-corrected chi connectivity index (χ1v) is 5.74. The number of benzene rings is 1. The Bertz CT molecular complexity index is 463. The van der Waals surface area contributed by atoms with Crippen LogP contribution in [-0.2, 0) is 11.2 Å².